The molecule has 0 aliphatic carbocycles. The molecule has 245 valence electrons. The third-order valence-corrected chi connectivity index (χ3v) is 6.01. The maximum atomic E-state index is 13.3. The van der Waals surface area contributed by atoms with E-state index in [9.17, 15) is 33.6 Å². The zero-order valence-electron chi connectivity index (χ0n) is 27.1. The van der Waals surface area contributed by atoms with E-state index in [0.29, 0.717) is 0 Å². The van der Waals surface area contributed by atoms with Gasteiger partial charge in [-0.25, -0.2) is 0 Å². The lowest BCUT2D eigenvalue weighted by atomic mass is 9.88. The Hall–Kier alpha value is -3.55. The van der Waals surface area contributed by atoms with E-state index in [2.05, 4.69) is 21.3 Å². The van der Waals surface area contributed by atoms with Crippen LogP contribution in [-0.2, 0) is 38.3 Å². The van der Waals surface area contributed by atoms with Crippen molar-refractivity contribution in [1.82, 2.24) is 21.3 Å². The molecule has 14 heteroatoms. The molecule has 0 aliphatic heterocycles. The number of rotatable bonds is 16. The molecule has 5 amide bonds. The van der Waals surface area contributed by atoms with Gasteiger partial charge >= 0.3 is 5.97 Å². The van der Waals surface area contributed by atoms with Crippen LogP contribution in [-0.4, -0.2) is 77.6 Å². The molecule has 0 saturated carbocycles. The van der Waals surface area contributed by atoms with E-state index in [1.54, 1.807) is 54.8 Å². The van der Waals surface area contributed by atoms with E-state index in [4.69, 9.17) is 16.2 Å². The Bertz CT molecular complexity index is 1020. The molecule has 0 fully saturated rings. The van der Waals surface area contributed by atoms with E-state index in [1.807, 2.05) is 20.8 Å². The summed E-state index contributed by atoms with van der Waals surface area (Å²) in [6.07, 6.45) is 0.690. The standard InChI is InChI=1S/C29H51N6O8/c1-15(2)22(31)26(41)35-23(16(3)4)27(42)34-18(11-20(30)37)25(40)33-19(12-21(38)43-29(8,9)10)24(39)32-17(14-36)13-28(5,6)7/h15-19,22-23H,11-13,31H2,1-10H3,(H2,30,37)(H,32,39)(H,33,40)(H,34,42)(H,35,41)/t17-,18-,19-,22-,23-/m0/s1. The van der Waals surface area contributed by atoms with E-state index in [-0.39, 0.29) is 17.8 Å². The Morgan fingerprint density at radius 2 is 1.21 bits per heavy atom. The minimum atomic E-state index is -1.57. The first-order chi connectivity index (χ1) is 19.5. The van der Waals surface area contributed by atoms with Crippen molar-refractivity contribution in [2.24, 2.45) is 28.7 Å². The smallest absolute Gasteiger partial charge is 0.308 e. The van der Waals surface area contributed by atoms with Crippen molar-refractivity contribution in [3.63, 3.8) is 0 Å². The van der Waals surface area contributed by atoms with Crippen LogP contribution in [0.1, 0.15) is 88.5 Å². The summed E-state index contributed by atoms with van der Waals surface area (Å²) in [7, 11) is 0. The van der Waals surface area contributed by atoms with Crippen LogP contribution in [0.3, 0.4) is 0 Å². The Kier molecular flexibility index (Phi) is 15.5. The molecule has 0 unspecified atom stereocenters. The van der Waals surface area contributed by atoms with Gasteiger partial charge in [0.15, 0.2) is 0 Å². The number of carbonyl (C=O) groups is 6. The summed E-state index contributed by atoms with van der Waals surface area (Å²) in [5.74, 6) is -5.68. The minimum absolute atomic E-state index is 0.211. The number of esters is 1. The third kappa shape index (κ3) is 16.0. The Morgan fingerprint density at radius 3 is 1.63 bits per heavy atom. The molecule has 43 heavy (non-hydrogen) atoms. The molecule has 0 heterocycles. The molecular weight excluding hydrogens is 560 g/mol. The quantitative estimate of drug-likeness (QED) is 0.126. The van der Waals surface area contributed by atoms with Crippen molar-refractivity contribution in [3.05, 3.63) is 0 Å². The largest absolute Gasteiger partial charge is 0.460 e. The zero-order chi connectivity index (χ0) is 33.9. The van der Waals surface area contributed by atoms with Gasteiger partial charge in [-0.15, -0.1) is 0 Å². The van der Waals surface area contributed by atoms with Gasteiger partial charge < -0.3 is 37.5 Å². The molecule has 1 radical (unpaired) electrons. The minimum Gasteiger partial charge on any atom is -0.460 e. The summed E-state index contributed by atoms with van der Waals surface area (Å²) < 4.78 is 5.29. The number of nitrogens with two attached hydrogens (primary N) is 2. The van der Waals surface area contributed by atoms with Crippen LogP contribution in [0.25, 0.3) is 0 Å². The van der Waals surface area contributed by atoms with E-state index < -0.39 is 90.1 Å². The highest BCUT2D eigenvalue weighted by Gasteiger charge is 2.35. The van der Waals surface area contributed by atoms with Crippen molar-refractivity contribution in [1.29, 1.82) is 0 Å². The number of ether oxygens (including phenoxy) is 1. The second-order valence-corrected chi connectivity index (χ2v) is 13.5. The van der Waals surface area contributed by atoms with Crippen LogP contribution < -0.4 is 32.7 Å². The number of hydrogen-bond donors (Lipinski definition) is 6. The van der Waals surface area contributed by atoms with Crippen molar-refractivity contribution in [2.75, 3.05) is 0 Å². The Morgan fingerprint density at radius 1 is 0.721 bits per heavy atom. The SMILES string of the molecule is CC(C)[C@H](N)C(=O)N[C@H](C(=O)N[C@@H](CC(N)=O)C(=O)N[C@@H](CC(=O)OC(C)(C)C)C(=O)N[C@H]([C]=O)CC(C)(C)C)C(C)C. The molecule has 0 aromatic carbocycles. The molecule has 0 saturated heterocycles. The topological polar surface area (TPSA) is 229 Å². The van der Waals surface area contributed by atoms with Gasteiger partial charge in [0.25, 0.3) is 0 Å². The fraction of sp³-hybridized carbons (Fsp3) is 0.759. The predicted molar refractivity (Wildman–Crippen MR) is 159 cm³/mol. The van der Waals surface area contributed by atoms with E-state index in [0.717, 1.165) is 0 Å². The predicted octanol–water partition coefficient (Wildman–Crippen LogP) is -0.282. The molecule has 0 aliphatic rings. The highest BCUT2D eigenvalue weighted by molar-refractivity contribution is 5.98. The fourth-order valence-electron chi connectivity index (χ4n) is 3.80. The molecule has 5 atom stereocenters. The number of primary amides is 1. The van der Waals surface area contributed by atoms with Gasteiger partial charge in [-0.2, -0.15) is 0 Å². The molecule has 8 N–H and O–H groups in total. The van der Waals surface area contributed by atoms with Gasteiger partial charge in [0.2, 0.25) is 35.8 Å². The number of carbonyl (C=O) groups excluding carboxylic acids is 7. The van der Waals surface area contributed by atoms with Gasteiger partial charge in [0.05, 0.1) is 24.9 Å². The molecule has 0 spiro atoms. The number of amides is 5. The molecule has 0 bridgehead atoms. The second kappa shape index (κ2) is 16.9. The highest BCUT2D eigenvalue weighted by Crippen LogP contribution is 2.20. The maximum Gasteiger partial charge on any atom is 0.308 e. The van der Waals surface area contributed by atoms with Gasteiger partial charge in [0, 0.05) is 0 Å². The van der Waals surface area contributed by atoms with Gasteiger partial charge in [0.1, 0.15) is 23.7 Å². The summed E-state index contributed by atoms with van der Waals surface area (Å²) in [6, 6.07) is -6.17. The van der Waals surface area contributed by atoms with Crippen molar-refractivity contribution >= 4 is 41.8 Å². The van der Waals surface area contributed by atoms with Crippen molar-refractivity contribution in [3.8, 4) is 0 Å². The lowest BCUT2D eigenvalue weighted by Gasteiger charge is -2.28. The second-order valence-electron chi connectivity index (χ2n) is 13.5. The summed E-state index contributed by atoms with van der Waals surface area (Å²) in [5, 5.41) is 9.80. The van der Waals surface area contributed by atoms with E-state index >= 15 is 0 Å². The summed E-state index contributed by atoms with van der Waals surface area (Å²) >= 11 is 0. The molecular formula is C29H51N6O8. The fourth-order valence-corrected chi connectivity index (χ4v) is 3.80. The summed E-state index contributed by atoms with van der Waals surface area (Å²) in [6.45, 7) is 17.2. The van der Waals surface area contributed by atoms with Crippen LogP contribution in [0.5, 0.6) is 0 Å². The lowest BCUT2D eigenvalue weighted by Crippen LogP contribution is -2.60. The lowest BCUT2D eigenvalue weighted by molar-refractivity contribution is -0.156. The summed E-state index contributed by atoms with van der Waals surface area (Å²) in [5.41, 5.74) is 9.96. The molecule has 0 aromatic rings. The van der Waals surface area contributed by atoms with E-state index in [1.165, 1.54) is 0 Å². The normalized spacial score (nSPS) is 15.4. The first kappa shape index (κ1) is 39.5. The molecule has 0 rings (SSSR count). The number of hydrogen-bond acceptors (Lipinski definition) is 9. The number of nitrogens with one attached hydrogen (secondary N) is 4. The third-order valence-electron chi connectivity index (χ3n) is 6.01. The van der Waals surface area contributed by atoms with Crippen LogP contribution in [0.15, 0.2) is 0 Å². The average Bonchev–Trinajstić information content (AvgIpc) is 2.82. The highest BCUT2D eigenvalue weighted by atomic mass is 16.6. The molecule has 14 nitrogen and oxygen atoms in total. The maximum absolute atomic E-state index is 13.3. The molecule has 0 aromatic heterocycles. The van der Waals surface area contributed by atoms with Crippen LogP contribution >= 0.6 is 0 Å². The summed E-state index contributed by atoms with van der Waals surface area (Å²) in [4.78, 5) is 88.2. The van der Waals surface area contributed by atoms with Gasteiger partial charge in [-0.1, -0.05) is 48.5 Å². The van der Waals surface area contributed by atoms with Crippen LogP contribution in [0.4, 0.5) is 0 Å². The zero-order valence-corrected chi connectivity index (χ0v) is 27.1. The van der Waals surface area contributed by atoms with Crippen molar-refractivity contribution in [2.45, 2.75) is 124 Å². The monoisotopic (exact) mass is 611 g/mol. The Labute approximate surface area is 254 Å². The first-order valence-corrected chi connectivity index (χ1v) is 14.3. The van der Waals surface area contributed by atoms with Crippen molar-refractivity contribution < 1.29 is 38.3 Å². The average molecular weight is 612 g/mol. The Balaban J connectivity index is 6.11. The van der Waals surface area contributed by atoms with Gasteiger partial charge in [-0.3, -0.25) is 33.6 Å². The van der Waals surface area contributed by atoms with Crippen LogP contribution in [0.2, 0.25) is 0 Å². The van der Waals surface area contributed by atoms with Gasteiger partial charge in [-0.05, 0) is 44.4 Å². The first-order valence-electron chi connectivity index (χ1n) is 14.3. The van der Waals surface area contributed by atoms with Crippen LogP contribution in [0, 0.1) is 17.3 Å².